The lowest BCUT2D eigenvalue weighted by molar-refractivity contribution is 0.200. The molecule has 0 aliphatic carbocycles. The Kier molecular flexibility index (Phi) is 4.63. The van der Waals surface area contributed by atoms with Crippen LogP contribution in [-0.2, 0) is 13.6 Å². The van der Waals surface area contributed by atoms with Crippen molar-refractivity contribution in [3.63, 3.8) is 0 Å². The van der Waals surface area contributed by atoms with E-state index in [0.29, 0.717) is 19.3 Å². The predicted octanol–water partition coefficient (Wildman–Crippen LogP) is 2.04. The summed E-state index contributed by atoms with van der Waals surface area (Å²) in [4.78, 5) is 2.49. The predicted molar refractivity (Wildman–Crippen MR) is 97.0 cm³/mol. The van der Waals surface area contributed by atoms with Crippen LogP contribution in [-0.4, -0.2) is 53.6 Å². The molecule has 1 saturated heterocycles. The van der Waals surface area contributed by atoms with Crippen molar-refractivity contribution in [3.05, 3.63) is 30.0 Å². The van der Waals surface area contributed by atoms with E-state index in [0.717, 1.165) is 55.4 Å². The number of hydrogen-bond acceptors (Lipinski definition) is 5. The molecule has 1 aromatic carbocycles. The lowest BCUT2D eigenvalue weighted by atomic mass is 10.1. The molecule has 25 heavy (non-hydrogen) atoms. The van der Waals surface area contributed by atoms with Gasteiger partial charge in [0.1, 0.15) is 0 Å². The Balaban J connectivity index is 1.61. The molecule has 1 fully saturated rings. The molecule has 1 atom stereocenters. The third-order valence-electron chi connectivity index (χ3n) is 4.77. The molecule has 0 saturated carbocycles. The van der Waals surface area contributed by atoms with Crippen molar-refractivity contribution < 1.29 is 9.47 Å². The van der Waals surface area contributed by atoms with Crippen molar-refractivity contribution >= 4 is 0 Å². The first-order chi connectivity index (χ1) is 12.2. The number of nitrogens with zero attached hydrogens (tertiary/aromatic N) is 3. The number of hydrogen-bond donors (Lipinski definition) is 1. The molecule has 0 unspecified atom stereocenters. The van der Waals surface area contributed by atoms with Gasteiger partial charge < -0.3 is 14.8 Å². The molecule has 2 aliphatic rings. The molecule has 0 bridgehead atoms. The number of nitrogens with one attached hydrogen (secondary N) is 1. The maximum Gasteiger partial charge on any atom is 0.161 e. The molecular formula is C19H26N4O2. The Hall–Kier alpha value is -2.05. The van der Waals surface area contributed by atoms with E-state index in [1.807, 2.05) is 17.8 Å². The molecule has 1 aromatic heterocycles. The SMILES string of the molecule is C[C@H]1CN(Cc2cn(C)nc2-c2ccc3c(c2)OCCCO3)CCN1. The number of rotatable bonds is 3. The first-order valence-electron chi connectivity index (χ1n) is 9.07. The van der Waals surface area contributed by atoms with Gasteiger partial charge in [0.05, 0.1) is 18.9 Å². The Labute approximate surface area is 148 Å². The molecular weight excluding hydrogens is 316 g/mol. The summed E-state index contributed by atoms with van der Waals surface area (Å²) in [5.41, 5.74) is 3.37. The van der Waals surface area contributed by atoms with E-state index in [1.165, 1.54) is 5.56 Å². The fourth-order valence-electron chi connectivity index (χ4n) is 3.60. The Morgan fingerprint density at radius 3 is 2.92 bits per heavy atom. The summed E-state index contributed by atoms with van der Waals surface area (Å²) in [5, 5.41) is 8.21. The number of ether oxygens (including phenoxy) is 2. The quantitative estimate of drug-likeness (QED) is 0.925. The molecule has 1 N–H and O–H groups in total. The fraction of sp³-hybridized carbons (Fsp3) is 0.526. The van der Waals surface area contributed by atoms with Crippen molar-refractivity contribution in [1.29, 1.82) is 0 Å². The number of fused-ring (bicyclic) bond motifs is 1. The first-order valence-corrected chi connectivity index (χ1v) is 9.07. The molecule has 6 nitrogen and oxygen atoms in total. The second kappa shape index (κ2) is 7.06. The maximum absolute atomic E-state index is 5.84. The van der Waals surface area contributed by atoms with Crippen LogP contribution in [0.2, 0.25) is 0 Å². The van der Waals surface area contributed by atoms with E-state index in [9.17, 15) is 0 Å². The summed E-state index contributed by atoms with van der Waals surface area (Å²) in [7, 11) is 1.98. The van der Waals surface area contributed by atoms with Crippen LogP contribution in [0.4, 0.5) is 0 Å². The molecule has 6 heteroatoms. The largest absolute Gasteiger partial charge is 0.490 e. The van der Waals surface area contributed by atoms with E-state index in [4.69, 9.17) is 14.6 Å². The van der Waals surface area contributed by atoms with Crippen molar-refractivity contribution in [2.45, 2.75) is 25.9 Å². The van der Waals surface area contributed by atoms with Crippen molar-refractivity contribution in [2.24, 2.45) is 7.05 Å². The minimum absolute atomic E-state index is 0.534. The van der Waals surface area contributed by atoms with Gasteiger partial charge in [0.15, 0.2) is 11.5 Å². The summed E-state index contributed by atoms with van der Waals surface area (Å²) < 4.78 is 13.5. The summed E-state index contributed by atoms with van der Waals surface area (Å²) in [6, 6.07) is 6.68. The smallest absolute Gasteiger partial charge is 0.161 e. The minimum Gasteiger partial charge on any atom is -0.490 e. The van der Waals surface area contributed by atoms with Gasteiger partial charge in [-0.05, 0) is 25.1 Å². The Bertz CT molecular complexity index is 743. The van der Waals surface area contributed by atoms with Gasteiger partial charge in [-0.1, -0.05) is 0 Å². The van der Waals surface area contributed by atoms with Gasteiger partial charge in [0, 0.05) is 63.0 Å². The fourth-order valence-corrected chi connectivity index (χ4v) is 3.60. The third kappa shape index (κ3) is 3.65. The van der Waals surface area contributed by atoms with Gasteiger partial charge in [0.25, 0.3) is 0 Å². The van der Waals surface area contributed by atoms with Crippen LogP contribution in [0.15, 0.2) is 24.4 Å². The molecule has 2 aliphatic heterocycles. The standard InChI is InChI=1S/C19H26N4O2/c1-14-11-23(7-6-20-14)13-16-12-22(2)21-19(16)15-4-5-17-18(10-15)25-9-3-8-24-17/h4-5,10,12,14,20H,3,6-9,11,13H2,1-2H3/t14-/m0/s1. The monoisotopic (exact) mass is 342 g/mol. The zero-order chi connectivity index (χ0) is 17.2. The highest BCUT2D eigenvalue weighted by Gasteiger charge is 2.20. The maximum atomic E-state index is 5.84. The summed E-state index contributed by atoms with van der Waals surface area (Å²) in [6.45, 7) is 7.74. The van der Waals surface area contributed by atoms with Crippen LogP contribution in [0.1, 0.15) is 18.9 Å². The van der Waals surface area contributed by atoms with Crippen LogP contribution >= 0.6 is 0 Å². The lowest BCUT2D eigenvalue weighted by Crippen LogP contribution is -2.48. The highest BCUT2D eigenvalue weighted by Crippen LogP contribution is 2.35. The summed E-state index contributed by atoms with van der Waals surface area (Å²) >= 11 is 0. The number of piperazine rings is 1. The van der Waals surface area contributed by atoms with Crippen LogP contribution in [0.25, 0.3) is 11.3 Å². The second-order valence-electron chi connectivity index (χ2n) is 6.98. The highest BCUT2D eigenvalue weighted by molar-refractivity contribution is 5.66. The van der Waals surface area contributed by atoms with Crippen LogP contribution in [0.5, 0.6) is 11.5 Å². The summed E-state index contributed by atoms with van der Waals surface area (Å²) in [5.74, 6) is 1.65. The molecule has 2 aromatic rings. The zero-order valence-corrected chi connectivity index (χ0v) is 15.0. The van der Waals surface area contributed by atoms with Crippen molar-refractivity contribution in [2.75, 3.05) is 32.8 Å². The third-order valence-corrected chi connectivity index (χ3v) is 4.77. The van der Waals surface area contributed by atoms with Gasteiger partial charge in [0.2, 0.25) is 0 Å². The minimum atomic E-state index is 0.534. The van der Waals surface area contributed by atoms with Crippen molar-refractivity contribution in [3.8, 4) is 22.8 Å². The average Bonchev–Trinajstić information content (AvgIpc) is 2.81. The van der Waals surface area contributed by atoms with E-state index >= 15 is 0 Å². The van der Waals surface area contributed by atoms with Gasteiger partial charge in [-0.2, -0.15) is 5.10 Å². The van der Waals surface area contributed by atoms with E-state index in [1.54, 1.807) is 0 Å². The van der Waals surface area contributed by atoms with Gasteiger partial charge >= 0.3 is 0 Å². The Morgan fingerprint density at radius 1 is 1.24 bits per heavy atom. The second-order valence-corrected chi connectivity index (χ2v) is 6.98. The van der Waals surface area contributed by atoms with Crippen LogP contribution in [0, 0.1) is 0 Å². The van der Waals surface area contributed by atoms with Gasteiger partial charge in [-0.3, -0.25) is 9.58 Å². The topological polar surface area (TPSA) is 51.6 Å². The average molecular weight is 342 g/mol. The molecule has 0 spiro atoms. The number of aromatic nitrogens is 2. The van der Waals surface area contributed by atoms with Crippen molar-refractivity contribution in [1.82, 2.24) is 20.0 Å². The van der Waals surface area contributed by atoms with E-state index in [2.05, 4.69) is 35.5 Å². The molecule has 0 amide bonds. The van der Waals surface area contributed by atoms with Gasteiger partial charge in [-0.15, -0.1) is 0 Å². The number of benzene rings is 1. The molecule has 3 heterocycles. The molecule has 4 rings (SSSR count). The van der Waals surface area contributed by atoms with E-state index in [-0.39, 0.29) is 0 Å². The summed E-state index contributed by atoms with van der Waals surface area (Å²) in [6.07, 6.45) is 3.05. The van der Waals surface area contributed by atoms with Crippen LogP contribution in [0.3, 0.4) is 0 Å². The lowest BCUT2D eigenvalue weighted by Gasteiger charge is -2.31. The van der Waals surface area contributed by atoms with Gasteiger partial charge in [-0.25, -0.2) is 0 Å². The zero-order valence-electron chi connectivity index (χ0n) is 15.0. The molecule has 134 valence electrons. The normalized spacial score (nSPS) is 21.1. The Morgan fingerprint density at radius 2 is 2.08 bits per heavy atom. The highest BCUT2D eigenvalue weighted by atomic mass is 16.5. The van der Waals surface area contributed by atoms with Crippen LogP contribution < -0.4 is 14.8 Å². The first kappa shape index (κ1) is 16.4. The number of aryl methyl sites for hydroxylation is 1. The molecule has 0 radical (unpaired) electrons. The van der Waals surface area contributed by atoms with E-state index < -0.39 is 0 Å².